The molecule has 0 spiro atoms. The molecule has 0 amide bonds. The lowest BCUT2D eigenvalue weighted by atomic mass is 10.3. The van der Waals surface area contributed by atoms with Crippen molar-refractivity contribution in [3.05, 3.63) is 51.9 Å². The van der Waals surface area contributed by atoms with Crippen LogP contribution in [0.3, 0.4) is 0 Å². The van der Waals surface area contributed by atoms with Gasteiger partial charge in [0.05, 0.1) is 12.0 Å². The van der Waals surface area contributed by atoms with Gasteiger partial charge < -0.3 is 4.74 Å². The molecule has 0 heterocycles. The molecular formula is C13H11FINO3S. The van der Waals surface area contributed by atoms with Gasteiger partial charge in [0.2, 0.25) is 0 Å². The van der Waals surface area contributed by atoms with Gasteiger partial charge in [0.15, 0.2) is 11.6 Å². The number of anilines is 1. The lowest BCUT2D eigenvalue weighted by Gasteiger charge is -2.09. The summed E-state index contributed by atoms with van der Waals surface area (Å²) in [7, 11) is -2.50. The van der Waals surface area contributed by atoms with Crippen LogP contribution in [0.1, 0.15) is 0 Å². The molecule has 0 aliphatic carbocycles. The second-order valence-electron chi connectivity index (χ2n) is 3.91. The normalized spacial score (nSPS) is 11.2. The van der Waals surface area contributed by atoms with Gasteiger partial charge >= 0.3 is 0 Å². The van der Waals surface area contributed by atoms with E-state index in [1.807, 2.05) is 0 Å². The molecule has 0 fully saturated rings. The summed E-state index contributed by atoms with van der Waals surface area (Å²) >= 11 is 2.12. The van der Waals surface area contributed by atoms with Gasteiger partial charge in [-0.3, -0.25) is 4.72 Å². The molecular weight excluding hydrogens is 396 g/mol. The molecule has 7 heteroatoms. The molecule has 2 rings (SSSR count). The lowest BCUT2D eigenvalue weighted by Crippen LogP contribution is -2.13. The van der Waals surface area contributed by atoms with Gasteiger partial charge in [-0.1, -0.05) is 0 Å². The minimum Gasteiger partial charge on any atom is -0.494 e. The van der Waals surface area contributed by atoms with E-state index < -0.39 is 15.8 Å². The minimum atomic E-state index is -3.77. The van der Waals surface area contributed by atoms with Crippen molar-refractivity contribution in [1.82, 2.24) is 0 Å². The molecule has 0 aliphatic heterocycles. The molecule has 2 aromatic rings. The van der Waals surface area contributed by atoms with E-state index in [1.165, 1.54) is 13.2 Å². The number of methoxy groups -OCH3 is 1. The molecule has 0 aliphatic rings. The van der Waals surface area contributed by atoms with Crippen LogP contribution in [0.2, 0.25) is 0 Å². The first-order valence-corrected chi connectivity index (χ1v) is 8.10. The molecule has 1 N–H and O–H groups in total. The Morgan fingerprint density at radius 2 is 1.80 bits per heavy atom. The van der Waals surface area contributed by atoms with Crippen molar-refractivity contribution in [2.75, 3.05) is 11.8 Å². The summed E-state index contributed by atoms with van der Waals surface area (Å²) in [6, 6.07) is 10.3. The highest BCUT2D eigenvalue weighted by molar-refractivity contribution is 14.1. The molecule has 0 saturated carbocycles. The highest BCUT2D eigenvalue weighted by Crippen LogP contribution is 2.23. The van der Waals surface area contributed by atoms with Crippen LogP contribution in [0.15, 0.2) is 47.4 Å². The van der Waals surface area contributed by atoms with Gasteiger partial charge in [-0.2, -0.15) is 0 Å². The molecule has 0 atom stereocenters. The minimum absolute atomic E-state index is 0.0608. The summed E-state index contributed by atoms with van der Waals surface area (Å²) in [6.45, 7) is 0. The van der Waals surface area contributed by atoms with Crippen molar-refractivity contribution in [2.24, 2.45) is 0 Å². The Labute approximate surface area is 130 Å². The Balaban J connectivity index is 2.33. The van der Waals surface area contributed by atoms with E-state index in [0.717, 1.165) is 15.7 Å². The predicted octanol–water partition coefficient (Wildman–Crippen LogP) is 3.24. The number of sulfonamides is 1. The van der Waals surface area contributed by atoms with Crippen LogP contribution in [-0.4, -0.2) is 15.5 Å². The zero-order chi connectivity index (χ0) is 14.8. The fourth-order valence-electron chi connectivity index (χ4n) is 1.54. The second kappa shape index (κ2) is 5.96. The van der Waals surface area contributed by atoms with Crippen LogP contribution in [0.5, 0.6) is 5.75 Å². The highest BCUT2D eigenvalue weighted by Gasteiger charge is 2.16. The Kier molecular flexibility index (Phi) is 4.48. The maximum absolute atomic E-state index is 13.3. The van der Waals surface area contributed by atoms with E-state index in [0.29, 0.717) is 5.69 Å². The molecule has 0 aromatic heterocycles. The molecule has 0 unspecified atom stereocenters. The Morgan fingerprint density at radius 1 is 1.15 bits per heavy atom. The van der Waals surface area contributed by atoms with E-state index in [1.54, 1.807) is 24.3 Å². The van der Waals surface area contributed by atoms with Gasteiger partial charge in [-0.15, -0.1) is 0 Å². The van der Waals surface area contributed by atoms with Crippen molar-refractivity contribution < 1.29 is 17.5 Å². The number of rotatable bonds is 4. The number of halogens is 2. The smallest absolute Gasteiger partial charge is 0.262 e. The van der Waals surface area contributed by atoms with Crippen LogP contribution in [-0.2, 0) is 10.0 Å². The van der Waals surface area contributed by atoms with Crippen LogP contribution in [0.25, 0.3) is 0 Å². The zero-order valence-corrected chi connectivity index (χ0v) is 13.4. The Hall–Kier alpha value is -1.35. The number of nitrogens with one attached hydrogen (secondary N) is 1. The molecule has 0 bridgehead atoms. The van der Waals surface area contributed by atoms with Crippen molar-refractivity contribution >= 4 is 38.3 Å². The quantitative estimate of drug-likeness (QED) is 0.792. The average Bonchev–Trinajstić information content (AvgIpc) is 2.41. The highest BCUT2D eigenvalue weighted by atomic mass is 127. The monoisotopic (exact) mass is 407 g/mol. The number of hydrogen-bond acceptors (Lipinski definition) is 3. The maximum Gasteiger partial charge on any atom is 0.262 e. The first-order valence-electron chi connectivity index (χ1n) is 5.54. The molecule has 20 heavy (non-hydrogen) atoms. The topological polar surface area (TPSA) is 55.4 Å². The third-order valence-corrected chi connectivity index (χ3v) is 4.63. The number of hydrogen-bond donors (Lipinski definition) is 1. The van der Waals surface area contributed by atoms with Crippen LogP contribution >= 0.6 is 22.6 Å². The summed E-state index contributed by atoms with van der Waals surface area (Å²) in [5, 5.41) is 0. The van der Waals surface area contributed by atoms with Gasteiger partial charge in [0.25, 0.3) is 10.0 Å². The van der Waals surface area contributed by atoms with E-state index in [2.05, 4.69) is 27.3 Å². The summed E-state index contributed by atoms with van der Waals surface area (Å²) in [5.74, 6) is -0.726. The number of benzene rings is 2. The fourth-order valence-corrected chi connectivity index (χ4v) is 2.97. The molecule has 106 valence electrons. The third kappa shape index (κ3) is 3.40. The largest absolute Gasteiger partial charge is 0.494 e. The number of ether oxygens (including phenoxy) is 1. The molecule has 4 nitrogen and oxygen atoms in total. The fraction of sp³-hybridized carbons (Fsp3) is 0.0769. The summed E-state index contributed by atoms with van der Waals surface area (Å²) in [5.41, 5.74) is 0.439. The van der Waals surface area contributed by atoms with Crippen LogP contribution in [0.4, 0.5) is 10.1 Å². The third-order valence-electron chi connectivity index (χ3n) is 2.53. The van der Waals surface area contributed by atoms with Gasteiger partial charge in [0, 0.05) is 15.3 Å². The van der Waals surface area contributed by atoms with E-state index in [4.69, 9.17) is 4.74 Å². The SMILES string of the molecule is COc1cc(S(=O)(=O)Nc2ccc(I)cc2)ccc1F. The standard InChI is InChI=1S/C13H11FINO3S/c1-19-13-8-11(6-7-12(13)14)20(17,18)16-10-4-2-9(15)3-5-10/h2-8,16H,1H3. The van der Waals surface area contributed by atoms with Gasteiger partial charge in [-0.25, -0.2) is 12.8 Å². The zero-order valence-electron chi connectivity index (χ0n) is 10.4. The first kappa shape index (κ1) is 15.0. The van der Waals surface area contributed by atoms with E-state index >= 15 is 0 Å². The van der Waals surface area contributed by atoms with Crippen molar-refractivity contribution in [1.29, 1.82) is 0 Å². The van der Waals surface area contributed by atoms with Gasteiger partial charge in [0.1, 0.15) is 0 Å². The van der Waals surface area contributed by atoms with Crippen LogP contribution < -0.4 is 9.46 Å². The van der Waals surface area contributed by atoms with Crippen molar-refractivity contribution in [3.63, 3.8) is 0 Å². The molecule has 2 aromatic carbocycles. The van der Waals surface area contributed by atoms with Crippen molar-refractivity contribution in [3.8, 4) is 5.75 Å². The Morgan fingerprint density at radius 3 is 2.40 bits per heavy atom. The maximum atomic E-state index is 13.3. The molecule has 0 saturated heterocycles. The van der Waals surface area contributed by atoms with E-state index in [9.17, 15) is 12.8 Å². The average molecular weight is 407 g/mol. The first-order chi connectivity index (χ1) is 9.42. The second-order valence-corrected chi connectivity index (χ2v) is 6.84. The van der Waals surface area contributed by atoms with Gasteiger partial charge in [-0.05, 0) is 59.0 Å². The summed E-state index contributed by atoms with van der Waals surface area (Å²) in [6.07, 6.45) is 0. The lowest BCUT2D eigenvalue weighted by molar-refractivity contribution is 0.385. The van der Waals surface area contributed by atoms with Crippen molar-refractivity contribution in [2.45, 2.75) is 4.90 Å². The summed E-state index contributed by atoms with van der Waals surface area (Å²) < 4.78 is 45.8. The predicted molar refractivity (Wildman–Crippen MR) is 82.9 cm³/mol. The van der Waals surface area contributed by atoms with Crippen LogP contribution in [0, 0.1) is 9.39 Å². The van der Waals surface area contributed by atoms with E-state index in [-0.39, 0.29) is 10.6 Å². The summed E-state index contributed by atoms with van der Waals surface area (Å²) in [4.78, 5) is -0.0608. The Bertz CT molecular complexity index is 717. The molecule has 0 radical (unpaired) electrons.